The molecule has 0 saturated carbocycles. The normalized spacial score (nSPS) is 11.9. The van der Waals surface area contributed by atoms with E-state index in [9.17, 15) is 14.9 Å². The Hall–Kier alpha value is -1.43. The molecule has 6 heteroatoms. The maximum absolute atomic E-state index is 11.4. The van der Waals surface area contributed by atoms with Crippen LogP contribution in [-0.2, 0) is 4.79 Å². The molecule has 0 N–H and O–H groups in total. The van der Waals surface area contributed by atoms with Gasteiger partial charge in [0.25, 0.3) is 5.69 Å². The number of halogens is 1. The second kappa shape index (κ2) is 5.77. The summed E-state index contributed by atoms with van der Waals surface area (Å²) in [6, 6.07) is 4.50. The van der Waals surface area contributed by atoms with Crippen LogP contribution in [0.5, 0.6) is 5.75 Å². The van der Waals surface area contributed by atoms with Crippen molar-refractivity contribution in [2.45, 2.75) is 18.7 Å². The summed E-state index contributed by atoms with van der Waals surface area (Å²) in [5, 5.41) is 10.9. The summed E-state index contributed by atoms with van der Waals surface area (Å²) in [5.41, 5.74) is 0.153. The lowest BCUT2D eigenvalue weighted by Gasteiger charge is -2.13. The van der Waals surface area contributed by atoms with Crippen LogP contribution in [0.25, 0.3) is 0 Å². The maximum atomic E-state index is 11.4. The summed E-state index contributed by atoms with van der Waals surface area (Å²) in [6.45, 7) is 3.53. The fourth-order valence-corrected chi connectivity index (χ4v) is 1.89. The number of nitrogens with zero attached hydrogens (tertiary/aromatic N) is 1. The van der Waals surface area contributed by atoms with Gasteiger partial charge in [0, 0.05) is 6.07 Å². The molecule has 0 aromatic heterocycles. The number of benzene rings is 1. The second-order valence-corrected chi connectivity index (χ2v) is 4.27. The Balaban J connectivity index is 3.37. The SMILES string of the molecule is CCOc1cccc([N+](=O)[O-])c1C(Br)C(C)=O. The number of nitro groups is 1. The maximum Gasteiger partial charge on any atom is 0.277 e. The van der Waals surface area contributed by atoms with Crippen LogP contribution in [0.3, 0.4) is 0 Å². The molecule has 0 fully saturated rings. The van der Waals surface area contributed by atoms with Crippen molar-refractivity contribution < 1.29 is 14.5 Å². The third kappa shape index (κ3) is 3.03. The van der Waals surface area contributed by atoms with Crippen molar-refractivity contribution >= 4 is 27.4 Å². The minimum atomic E-state index is -0.731. The van der Waals surface area contributed by atoms with Crippen LogP contribution in [0.2, 0.25) is 0 Å². The number of carbonyl (C=O) groups excluding carboxylic acids is 1. The summed E-state index contributed by atoms with van der Waals surface area (Å²) in [6.07, 6.45) is 0. The number of hydrogen-bond donors (Lipinski definition) is 0. The van der Waals surface area contributed by atoms with E-state index in [2.05, 4.69) is 15.9 Å². The molecule has 0 heterocycles. The molecule has 5 nitrogen and oxygen atoms in total. The van der Waals surface area contributed by atoms with E-state index in [-0.39, 0.29) is 17.0 Å². The highest BCUT2D eigenvalue weighted by Crippen LogP contribution is 2.38. The van der Waals surface area contributed by atoms with Crippen LogP contribution < -0.4 is 4.74 Å². The largest absolute Gasteiger partial charge is 0.493 e. The van der Waals surface area contributed by atoms with Crippen LogP contribution in [0.15, 0.2) is 18.2 Å². The lowest BCUT2D eigenvalue weighted by atomic mass is 10.1. The van der Waals surface area contributed by atoms with Crippen LogP contribution in [0.1, 0.15) is 24.2 Å². The standard InChI is InChI=1S/C11H12BrNO4/c1-3-17-9-6-4-5-8(13(15)16)10(9)11(12)7(2)14/h4-6,11H,3H2,1-2H3. The molecule has 0 radical (unpaired) electrons. The molecule has 1 aromatic rings. The molecule has 1 aromatic carbocycles. The van der Waals surface area contributed by atoms with Crippen molar-refractivity contribution in [2.75, 3.05) is 6.61 Å². The van der Waals surface area contributed by atoms with E-state index in [4.69, 9.17) is 4.74 Å². The first-order valence-electron chi connectivity index (χ1n) is 5.03. The minimum Gasteiger partial charge on any atom is -0.493 e. The number of alkyl halides is 1. The lowest BCUT2D eigenvalue weighted by Crippen LogP contribution is -2.08. The van der Waals surface area contributed by atoms with Gasteiger partial charge < -0.3 is 4.74 Å². The number of nitro benzene ring substituents is 1. The van der Waals surface area contributed by atoms with Crippen LogP contribution in [-0.4, -0.2) is 17.3 Å². The summed E-state index contributed by atoms with van der Waals surface area (Å²) in [7, 11) is 0. The Kier molecular flexibility index (Phi) is 4.62. The zero-order chi connectivity index (χ0) is 13.0. The zero-order valence-electron chi connectivity index (χ0n) is 9.47. The number of rotatable bonds is 5. The van der Waals surface area contributed by atoms with E-state index in [1.807, 2.05) is 0 Å². The Labute approximate surface area is 107 Å². The van der Waals surface area contributed by atoms with Gasteiger partial charge in [0.2, 0.25) is 0 Å². The van der Waals surface area contributed by atoms with Gasteiger partial charge in [-0.15, -0.1) is 0 Å². The molecule has 0 amide bonds. The smallest absolute Gasteiger partial charge is 0.277 e. The molecule has 0 spiro atoms. The van der Waals surface area contributed by atoms with Crippen molar-refractivity contribution in [2.24, 2.45) is 0 Å². The minimum absolute atomic E-state index is 0.118. The summed E-state index contributed by atoms with van der Waals surface area (Å²) < 4.78 is 5.31. The van der Waals surface area contributed by atoms with E-state index in [0.717, 1.165) is 0 Å². The molecule has 0 aliphatic heterocycles. The first-order valence-corrected chi connectivity index (χ1v) is 5.95. The van der Waals surface area contributed by atoms with Gasteiger partial charge in [-0.25, -0.2) is 0 Å². The monoisotopic (exact) mass is 301 g/mol. The summed E-state index contributed by atoms with van der Waals surface area (Å²) >= 11 is 3.16. The highest BCUT2D eigenvalue weighted by Gasteiger charge is 2.27. The Morgan fingerprint density at radius 2 is 2.24 bits per heavy atom. The number of hydrogen-bond acceptors (Lipinski definition) is 4. The molecule has 17 heavy (non-hydrogen) atoms. The summed E-state index contributed by atoms with van der Waals surface area (Å²) in [5.74, 6) is 0.152. The average molecular weight is 302 g/mol. The third-order valence-electron chi connectivity index (χ3n) is 2.15. The van der Waals surface area contributed by atoms with Gasteiger partial charge in [-0.3, -0.25) is 14.9 Å². The van der Waals surface area contributed by atoms with Gasteiger partial charge in [0.05, 0.1) is 17.1 Å². The first kappa shape index (κ1) is 13.6. The van der Waals surface area contributed by atoms with Gasteiger partial charge in [-0.1, -0.05) is 22.0 Å². The van der Waals surface area contributed by atoms with Crippen molar-refractivity contribution in [3.05, 3.63) is 33.9 Å². The lowest BCUT2D eigenvalue weighted by molar-refractivity contribution is -0.385. The van der Waals surface area contributed by atoms with Crippen LogP contribution in [0, 0.1) is 10.1 Å². The van der Waals surface area contributed by atoms with Gasteiger partial charge in [0.15, 0.2) is 0 Å². The highest BCUT2D eigenvalue weighted by atomic mass is 79.9. The quantitative estimate of drug-likeness (QED) is 0.476. The molecule has 0 saturated heterocycles. The molecule has 0 aliphatic rings. The van der Waals surface area contributed by atoms with Crippen LogP contribution >= 0.6 is 15.9 Å². The molecule has 0 aliphatic carbocycles. The van der Waals surface area contributed by atoms with Gasteiger partial charge in [-0.05, 0) is 19.9 Å². The van der Waals surface area contributed by atoms with E-state index >= 15 is 0 Å². The van der Waals surface area contributed by atoms with Crippen molar-refractivity contribution in [1.29, 1.82) is 0 Å². The second-order valence-electron chi connectivity index (χ2n) is 3.35. The predicted octanol–water partition coefficient (Wildman–Crippen LogP) is 3.02. The fourth-order valence-electron chi connectivity index (χ4n) is 1.43. The van der Waals surface area contributed by atoms with Crippen molar-refractivity contribution in [3.8, 4) is 5.75 Å². The van der Waals surface area contributed by atoms with E-state index in [0.29, 0.717) is 12.4 Å². The van der Waals surface area contributed by atoms with Gasteiger partial charge in [-0.2, -0.15) is 0 Å². The molecule has 0 bridgehead atoms. The van der Waals surface area contributed by atoms with E-state index in [1.165, 1.54) is 19.1 Å². The molecule has 1 rings (SSSR count). The zero-order valence-corrected chi connectivity index (χ0v) is 11.1. The Morgan fingerprint density at radius 3 is 2.71 bits per heavy atom. The molecular formula is C11H12BrNO4. The highest BCUT2D eigenvalue weighted by molar-refractivity contribution is 9.09. The number of Topliss-reactive ketones (excluding diaryl/α,β-unsaturated/α-hetero) is 1. The van der Waals surface area contributed by atoms with Gasteiger partial charge in [0.1, 0.15) is 16.4 Å². The third-order valence-corrected chi connectivity index (χ3v) is 3.25. The number of ketones is 1. The van der Waals surface area contributed by atoms with E-state index < -0.39 is 9.75 Å². The van der Waals surface area contributed by atoms with E-state index in [1.54, 1.807) is 13.0 Å². The summed E-state index contributed by atoms with van der Waals surface area (Å²) in [4.78, 5) is 21.0. The molecule has 1 atom stereocenters. The Bertz CT molecular complexity index is 447. The molecular weight excluding hydrogens is 290 g/mol. The number of carbonyl (C=O) groups is 1. The first-order chi connectivity index (χ1) is 7.99. The Morgan fingerprint density at radius 1 is 1.59 bits per heavy atom. The fraction of sp³-hybridized carbons (Fsp3) is 0.364. The van der Waals surface area contributed by atoms with Crippen molar-refractivity contribution in [1.82, 2.24) is 0 Å². The predicted molar refractivity (Wildman–Crippen MR) is 66.6 cm³/mol. The number of ether oxygens (including phenoxy) is 1. The molecule has 1 unspecified atom stereocenters. The molecule has 92 valence electrons. The van der Waals surface area contributed by atoms with Gasteiger partial charge >= 0.3 is 0 Å². The van der Waals surface area contributed by atoms with Crippen molar-refractivity contribution in [3.63, 3.8) is 0 Å². The van der Waals surface area contributed by atoms with Crippen LogP contribution in [0.4, 0.5) is 5.69 Å². The average Bonchev–Trinajstić information content (AvgIpc) is 2.28. The topological polar surface area (TPSA) is 69.4 Å².